The molecule has 0 unspecified atom stereocenters. The molecule has 1 N–H and O–H groups in total. The highest BCUT2D eigenvalue weighted by Crippen LogP contribution is 2.21. The van der Waals surface area contributed by atoms with Crippen molar-refractivity contribution in [2.45, 2.75) is 19.0 Å². The molecule has 0 spiro atoms. The summed E-state index contributed by atoms with van der Waals surface area (Å²) in [5.74, 6) is -0.195. The molecule has 3 rings (SSSR count). The van der Waals surface area contributed by atoms with E-state index in [0.717, 1.165) is 25.1 Å². The fraction of sp³-hybridized carbons (Fsp3) is 0.333. The Morgan fingerprint density at radius 3 is 2.88 bits per heavy atom. The van der Waals surface area contributed by atoms with Crippen LogP contribution in [0.2, 0.25) is 0 Å². The molecule has 1 fully saturated rings. The van der Waals surface area contributed by atoms with Gasteiger partial charge in [0.2, 0.25) is 0 Å². The van der Waals surface area contributed by atoms with Crippen molar-refractivity contribution >= 4 is 11.8 Å². The molecule has 1 saturated heterocycles. The first-order valence-electron chi connectivity index (χ1n) is 7.93. The van der Waals surface area contributed by atoms with Crippen LogP contribution >= 0.6 is 0 Å². The zero-order valence-electron chi connectivity index (χ0n) is 13.5. The molecule has 6 heteroatoms. The molecular weight excluding hydrogens is 309 g/mol. The minimum absolute atomic E-state index is 0.281. The smallest absolute Gasteiger partial charge is 0.337 e. The van der Waals surface area contributed by atoms with Gasteiger partial charge in [0.15, 0.2) is 11.6 Å². The van der Waals surface area contributed by atoms with Gasteiger partial charge in [0.05, 0.1) is 12.7 Å². The van der Waals surface area contributed by atoms with Gasteiger partial charge in [-0.3, -0.25) is 0 Å². The SMILES string of the molecule is COC(=O)c1ccc(CN[C@H]2CCN(c3ncccc3F)C2)cc1. The van der Waals surface area contributed by atoms with Crippen molar-refractivity contribution in [3.8, 4) is 0 Å². The monoisotopic (exact) mass is 329 g/mol. The second-order valence-corrected chi connectivity index (χ2v) is 5.81. The Balaban J connectivity index is 1.53. The molecule has 0 amide bonds. The standard InChI is InChI=1S/C18H20FN3O2/c1-24-18(23)14-6-4-13(5-7-14)11-21-15-8-10-22(12-15)17-16(19)3-2-9-20-17/h2-7,9,15,21H,8,10-12H2,1H3/t15-/m0/s1. The summed E-state index contributed by atoms with van der Waals surface area (Å²) in [7, 11) is 1.37. The normalized spacial score (nSPS) is 17.1. The number of hydrogen-bond acceptors (Lipinski definition) is 5. The van der Waals surface area contributed by atoms with Crippen LogP contribution in [0.1, 0.15) is 22.3 Å². The van der Waals surface area contributed by atoms with Gasteiger partial charge in [0.1, 0.15) is 0 Å². The number of hydrogen-bond donors (Lipinski definition) is 1. The Kier molecular flexibility index (Phi) is 5.05. The number of anilines is 1. The van der Waals surface area contributed by atoms with Crippen molar-refractivity contribution in [2.75, 3.05) is 25.1 Å². The van der Waals surface area contributed by atoms with E-state index in [-0.39, 0.29) is 17.8 Å². The number of aromatic nitrogens is 1. The van der Waals surface area contributed by atoms with E-state index in [4.69, 9.17) is 0 Å². The highest BCUT2D eigenvalue weighted by atomic mass is 19.1. The molecular formula is C18H20FN3O2. The zero-order valence-corrected chi connectivity index (χ0v) is 13.5. The highest BCUT2D eigenvalue weighted by molar-refractivity contribution is 5.89. The number of halogens is 1. The predicted molar refractivity (Wildman–Crippen MR) is 89.4 cm³/mol. The number of esters is 1. The maximum atomic E-state index is 13.8. The van der Waals surface area contributed by atoms with Gasteiger partial charge in [-0.15, -0.1) is 0 Å². The molecule has 1 atom stereocenters. The first kappa shape index (κ1) is 16.4. The van der Waals surface area contributed by atoms with Gasteiger partial charge < -0.3 is 15.0 Å². The van der Waals surface area contributed by atoms with Crippen LogP contribution in [0.3, 0.4) is 0 Å². The summed E-state index contributed by atoms with van der Waals surface area (Å²) >= 11 is 0. The number of benzene rings is 1. The number of carbonyl (C=O) groups is 1. The van der Waals surface area contributed by atoms with E-state index in [1.54, 1.807) is 24.4 Å². The van der Waals surface area contributed by atoms with Gasteiger partial charge in [-0.2, -0.15) is 0 Å². The average Bonchev–Trinajstić information content (AvgIpc) is 3.09. The number of nitrogens with one attached hydrogen (secondary N) is 1. The van der Waals surface area contributed by atoms with Crippen LogP contribution in [0.15, 0.2) is 42.6 Å². The number of carbonyl (C=O) groups excluding carboxylic acids is 1. The lowest BCUT2D eigenvalue weighted by atomic mass is 10.1. The molecule has 1 aliphatic heterocycles. The lowest BCUT2D eigenvalue weighted by molar-refractivity contribution is 0.0600. The van der Waals surface area contributed by atoms with Gasteiger partial charge in [0, 0.05) is 31.9 Å². The minimum atomic E-state index is -0.335. The largest absolute Gasteiger partial charge is 0.465 e. The van der Waals surface area contributed by atoms with Gasteiger partial charge in [-0.25, -0.2) is 14.2 Å². The summed E-state index contributed by atoms with van der Waals surface area (Å²) < 4.78 is 18.5. The number of methoxy groups -OCH3 is 1. The van der Waals surface area contributed by atoms with E-state index >= 15 is 0 Å². The zero-order chi connectivity index (χ0) is 16.9. The molecule has 0 bridgehead atoms. The third kappa shape index (κ3) is 3.71. The van der Waals surface area contributed by atoms with E-state index in [1.165, 1.54) is 13.2 Å². The summed E-state index contributed by atoms with van der Waals surface area (Å²) in [6.45, 7) is 2.21. The van der Waals surface area contributed by atoms with Crippen molar-refractivity contribution in [3.05, 3.63) is 59.5 Å². The van der Waals surface area contributed by atoms with Crippen molar-refractivity contribution < 1.29 is 13.9 Å². The molecule has 2 aromatic rings. The molecule has 2 heterocycles. The van der Waals surface area contributed by atoms with Crippen LogP contribution in [0.5, 0.6) is 0 Å². The van der Waals surface area contributed by atoms with Gasteiger partial charge in [0.25, 0.3) is 0 Å². The Morgan fingerprint density at radius 2 is 2.17 bits per heavy atom. The maximum absolute atomic E-state index is 13.8. The molecule has 0 aliphatic carbocycles. The lowest BCUT2D eigenvalue weighted by Gasteiger charge is -2.18. The topological polar surface area (TPSA) is 54.5 Å². The second kappa shape index (κ2) is 7.40. The number of ether oxygens (including phenoxy) is 1. The van der Waals surface area contributed by atoms with Crippen molar-refractivity contribution in [1.82, 2.24) is 10.3 Å². The molecule has 0 radical (unpaired) electrons. The predicted octanol–water partition coefficient (Wildman–Crippen LogP) is 2.38. The number of rotatable bonds is 5. The van der Waals surface area contributed by atoms with Gasteiger partial charge >= 0.3 is 5.97 Å². The Labute approximate surface area is 140 Å². The molecule has 1 aromatic heterocycles. The van der Waals surface area contributed by atoms with Crippen LogP contribution in [-0.4, -0.2) is 37.2 Å². The Hall–Kier alpha value is -2.47. The highest BCUT2D eigenvalue weighted by Gasteiger charge is 2.24. The van der Waals surface area contributed by atoms with E-state index < -0.39 is 0 Å². The third-order valence-electron chi connectivity index (χ3n) is 4.20. The van der Waals surface area contributed by atoms with Gasteiger partial charge in [-0.05, 0) is 36.2 Å². The van der Waals surface area contributed by atoms with Crippen molar-refractivity contribution in [1.29, 1.82) is 0 Å². The van der Waals surface area contributed by atoms with E-state index in [9.17, 15) is 9.18 Å². The third-order valence-corrected chi connectivity index (χ3v) is 4.20. The molecule has 5 nitrogen and oxygen atoms in total. The van der Waals surface area contributed by atoms with Gasteiger partial charge in [-0.1, -0.05) is 12.1 Å². The molecule has 126 valence electrons. The lowest BCUT2D eigenvalue weighted by Crippen LogP contribution is -2.32. The number of nitrogens with zero attached hydrogens (tertiary/aromatic N) is 2. The fourth-order valence-corrected chi connectivity index (χ4v) is 2.87. The Bertz CT molecular complexity index is 706. The first-order valence-corrected chi connectivity index (χ1v) is 7.93. The van der Waals surface area contributed by atoms with Crippen molar-refractivity contribution in [3.63, 3.8) is 0 Å². The minimum Gasteiger partial charge on any atom is -0.465 e. The molecule has 24 heavy (non-hydrogen) atoms. The van der Waals surface area contributed by atoms with E-state index in [2.05, 4.69) is 15.0 Å². The summed E-state index contributed by atoms with van der Waals surface area (Å²) in [6, 6.07) is 10.6. The Morgan fingerprint density at radius 1 is 1.38 bits per heavy atom. The maximum Gasteiger partial charge on any atom is 0.337 e. The summed E-state index contributed by atoms with van der Waals surface area (Å²) in [4.78, 5) is 17.5. The first-order chi connectivity index (χ1) is 11.7. The van der Waals surface area contributed by atoms with Crippen LogP contribution in [0.25, 0.3) is 0 Å². The fourth-order valence-electron chi connectivity index (χ4n) is 2.87. The van der Waals surface area contributed by atoms with Crippen molar-refractivity contribution in [2.24, 2.45) is 0 Å². The average molecular weight is 329 g/mol. The summed E-state index contributed by atoms with van der Waals surface area (Å²) in [5.41, 5.74) is 1.63. The molecule has 1 aromatic carbocycles. The van der Waals surface area contributed by atoms with E-state index in [0.29, 0.717) is 17.9 Å². The van der Waals surface area contributed by atoms with E-state index in [1.807, 2.05) is 17.0 Å². The second-order valence-electron chi connectivity index (χ2n) is 5.81. The van der Waals surface area contributed by atoms with Crippen LogP contribution in [0, 0.1) is 5.82 Å². The van der Waals surface area contributed by atoms with Crippen LogP contribution in [0.4, 0.5) is 10.2 Å². The quantitative estimate of drug-likeness (QED) is 0.854. The summed E-state index contributed by atoms with van der Waals surface area (Å²) in [6.07, 6.45) is 2.55. The molecule has 1 aliphatic rings. The van der Waals surface area contributed by atoms with Crippen LogP contribution < -0.4 is 10.2 Å². The molecule has 0 saturated carbocycles. The summed E-state index contributed by atoms with van der Waals surface area (Å²) in [5, 5.41) is 3.47. The van der Waals surface area contributed by atoms with Crippen LogP contribution in [-0.2, 0) is 11.3 Å². The number of pyridine rings is 1.